The SMILES string of the molecule is C=CC(=O)OC(C)(C)C(COc1ccccc1)COC(C)(C)C(C)(C)CCCCOC(C)(C)CCOc1ccc(OCCC(C)(C)OCCCCC(C)(C)C(C)(C)OCC(COc2ccccc2)C(C)(C)OC(=O)C(=C)C)cc1. The van der Waals surface area contributed by atoms with Crippen molar-refractivity contribution in [2.75, 3.05) is 52.9 Å². The molecule has 12 heteroatoms. The van der Waals surface area contributed by atoms with Crippen LogP contribution in [0.15, 0.2) is 110 Å². The van der Waals surface area contributed by atoms with E-state index in [1.165, 1.54) is 6.08 Å². The van der Waals surface area contributed by atoms with Crippen LogP contribution in [0.2, 0.25) is 0 Å². The highest BCUT2D eigenvalue weighted by Gasteiger charge is 2.43. The number of benzene rings is 3. The molecule has 2 unspecified atom stereocenters. The summed E-state index contributed by atoms with van der Waals surface area (Å²) in [6.45, 7) is 46.3. The molecule has 0 saturated carbocycles. The fraction of sp³-hybridized carbons (Fsp3) is 0.642. The van der Waals surface area contributed by atoms with Crippen LogP contribution >= 0.6 is 0 Å². The average molecular weight is 1100 g/mol. The second kappa shape index (κ2) is 30.8. The molecule has 0 radical (unpaired) electrons. The van der Waals surface area contributed by atoms with Crippen molar-refractivity contribution in [3.05, 3.63) is 110 Å². The van der Waals surface area contributed by atoms with E-state index in [1.54, 1.807) is 6.92 Å². The third-order valence-corrected chi connectivity index (χ3v) is 16.3. The Bertz CT molecular complexity index is 2260. The third kappa shape index (κ3) is 24.4. The van der Waals surface area contributed by atoms with Crippen LogP contribution in [0.4, 0.5) is 0 Å². The summed E-state index contributed by atoms with van der Waals surface area (Å²) in [5.41, 5.74) is -3.28. The Labute approximate surface area is 478 Å². The molecule has 0 bridgehead atoms. The first kappa shape index (κ1) is 68.4. The molecular weight excluding hydrogens is 997 g/mol. The lowest BCUT2D eigenvalue weighted by Crippen LogP contribution is -2.47. The number of hydrogen-bond donors (Lipinski definition) is 0. The van der Waals surface area contributed by atoms with Crippen molar-refractivity contribution in [1.29, 1.82) is 0 Å². The van der Waals surface area contributed by atoms with Gasteiger partial charge in [0.15, 0.2) is 0 Å². The Morgan fingerprint density at radius 2 is 0.797 bits per heavy atom. The van der Waals surface area contributed by atoms with Gasteiger partial charge < -0.3 is 47.4 Å². The maximum absolute atomic E-state index is 12.6. The molecule has 0 spiro atoms. The Morgan fingerprint density at radius 1 is 0.443 bits per heavy atom. The smallest absolute Gasteiger partial charge is 0.333 e. The van der Waals surface area contributed by atoms with Crippen molar-refractivity contribution in [3.63, 3.8) is 0 Å². The fourth-order valence-corrected chi connectivity index (χ4v) is 8.37. The normalized spacial score (nSPS) is 13.7. The number of carbonyl (C=O) groups is 2. The Hall–Kier alpha value is -4.88. The quantitative estimate of drug-likeness (QED) is 0.0306. The number of ether oxygens (including phenoxy) is 10. The van der Waals surface area contributed by atoms with Crippen LogP contribution in [0.1, 0.15) is 169 Å². The second-order valence-corrected chi connectivity index (χ2v) is 25.9. The van der Waals surface area contributed by atoms with Gasteiger partial charge in [-0.2, -0.15) is 0 Å². The molecule has 0 heterocycles. The van der Waals surface area contributed by atoms with Gasteiger partial charge >= 0.3 is 11.9 Å². The number of hydrogen-bond acceptors (Lipinski definition) is 12. The Balaban J connectivity index is 1.34. The van der Waals surface area contributed by atoms with Gasteiger partial charge in [-0.05, 0) is 175 Å². The number of para-hydroxylation sites is 2. The van der Waals surface area contributed by atoms with Crippen LogP contribution in [0, 0.1) is 22.7 Å². The van der Waals surface area contributed by atoms with Crippen LogP contribution in [0.25, 0.3) is 0 Å². The molecule has 3 rings (SSSR count). The summed E-state index contributed by atoms with van der Waals surface area (Å²) in [5.74, 6) is 1.71. The van der Waals surface area contributed by atoms with Gasteiger partial charge in [-0.3, -0.25) is 0 Å². The summed E-state index contributed by atoms with van der Waals surface area (Å²) < 4.78 is 62.3. The van der Waals surface area contributed by atoms with E-state index < -0.39 is 34.3 Å². The van der Waals surface area contributed by atoms with E-state index in [2.05, 4.69) is 96.2 Å². The molecule has 3 aromatic carbocycles. The highest BCUT2D eigenvalue weighted by molar-refractivity contribution is 5.87. The summed E-state index contributed by atoms with van der Waals surface area (Å²) in [4.78, 5) is 24.8. The first-order valence-corrected chi connectivity index (χ1v) is 28.7. The summed E-state index contributed by atoms with van der Waals surface area (Å²) >= 11 is 0. The summed E-state index contributed by atoms with van der Waals surface area (Å²) in [6.07, 6.45) is 8.39. The van der Waals surface area contributed by atoms with Crippen molar-refractivity contribution in [2.24, 2.45) is 22.7 Å². The molecule has 0 aliphatic rings. The molecule has 2 atom stereocenters. The van der Waals surface area contributed by atoms with E-state index in [0.29, 0.717) is 58.4 Å². The molecule has 0 saturated heterocycles. The highest BCUT2D eigenvalue weighted by atomic mass is 16.6. The van der Waals surface area contributed by atoms with Crippen molar-refractivity contribution < 1.29 is 57.0 Å². The van der Waals surface area contributed by atoms with E-state index in [9.17, 15) is 9.59 Å². The molecule has 444 valence electrons. The van der Waals surface area contributed by atoms with Crippen molar-refractivity contribution in [2.45, 2.75) is 203 Å². The van der Waals surface area contributed by atoms with Gasteiger partial charge in [0.1, 0.15) is 34.2 Å². The topological polar surface area (TPSA) is 126 Å². The van der Waals surface area contributed by atoms with Crippen molar-refractivity contribution in [1.82, 2.24) is 0 Å². The van der Waals surface area contributed by atoms with E-state index in [4.69, 9.17) is 47.4 Å². The zero-order chi connectivity index (χ0) is 59.2. The van der Waals surface area contributed by atoms with Gasteiger partial charge in [0.2, 0.25) is 0 Å². The lowest BCUT2D eigenvalue weighted by atomic mass is 9.73. The predicted molar refractivity (Wildman–Crippen MR) is 318 cm³/mol. The van der Waals surface area contributed by atoms with E-state index in [0.717, 1.165) is 74.4 Å². The Kier molecular flexibility index (Phi) is 26.7. The predicted octanol–water partition coefficient (Wildman–Crippen LogP) is 15.6. The summed E-state index contributed by atoms with van der Waals surface area (Å²) in [5, 5.41) is 0. The third-order valence-electron chi connectivity index (χ3n) is 16.3. The van der Waals surface area contributed by atoms with Gasteiger partial charge in [-0.25, -0.2) is 9.59 Å². The highest BCUT2D eigenvalue weighted by Crippen LogP contribution is 2.41. The minimum Gasteiger partial charge on any atom is -0.493 e. The first-order valence-electron chi connectivity index (χ1n) is 28.7. The van der Waals surface area contributed by atoms with E-state index in [1.807, 2.05) is 113 Å². The molecule has 12 nitrogen and oxygen atoms in total. The Morgan fingerprint density at radius 3 is 1.15 bits per heavy atom. The van der Waals surface area contributed by atoms with Gasteiger partial charge in [0, 0.05) is 37.7 Å². The fourth-order valence-electron chi connectivity index (χ4n) is 8.37. The molecule has 0 N–H and O–H groups in total. The number of unbranched alkanes of at least 4 members (excludes halogenated alkanes) is 2. The molecule has 3 aromatic rings. The largest absolute Gasteiger partial charge is 0.493 e. The molecule has 79 heavy (non-hydrogen) atoms. The maximum atomic E-state index is 12.6. The molecule has 0 fully saturated rings. The maximum Gasteiger partial charge on any atom is 0.333 e. The molecule has 0 aliphatic carbocycles. The summed E-state index contributed by atoms with van der Waals surface area (Å²) in [6, 6.07) is 27.1. The van der Waals surface area contributed by atoms with Crippen LogP contribution < -0.4 is 18.9 Å². The van der Waals surface area contributed by atoms with Gasteiger partial charge in [0.25, 0.3) is 0 Å². The van der Waals surface area contributed by atoms with Gasteiger partial charge in [-0.1, -0.05) is 90.1 Å². The van der Waals surface area contributed by atoms with Gasteiger partial charge in [-0.15, -0.1) is 0 Å². The number of rotatable bonds is 40. The van der Waals surface area contributed by atoms with E-state index >= 15 is 0 Å². The summed E-state index contributed by atoms with van der Waals surface area (Å²) in [7, 11) is 0. The molecule has 0 aliphatic heterocycles. The second-order valence-electron chi connectivity index (χ2n) is 25.9. The van der Waals surface area contributed by atoms with Crippen molar-refractivity contribution in [3.8, 4) is 23.0 Å². The van der Waals surface area contributed by atoms with Crippen LogP contribution in [0.3, 0.4) is 0 Å². The van der Waals surface area contributed by atoms with Crippen LogP contribution in [-0.4, -0.2) is 98.4 Å². The zero-order valence-electron chi connectivity index (χ0n) is 51.9. The molecule has 0 amide bonds. The molecular formula is C67H104O12. The molecule has 0 aromatic heterocycles. The van der Waals surface area contributed by atoms with Crippen molar-refractivity contribution >= 4 is 11.9 Å². The number of carbonyl (C=O) groups excluding carboxylic acids is 2. The van der Waals surface area contributed by atoms with Gasteiger partial charge in [0.05, 0.1) is 73.9 Å². The lowest BCUT2D eigenvalue weighted by Gasteiger charge is -2.44. The monoisotopic (exact) mass is 1100 g/mol. The lowest BCUT2D eigenvalue weighted by molar-refractivity contribution is -0.171. The minimum absolute atomic E-state index is 0.149. The minimum atomic E-state index is -0.852. The van der Waals surface area contributed by atoms with E-state index in [-0.39, 0.29) is 33.9 Å². The number of esters is 2. The zero-order valence-corrected chi connectivity index (χ0v) is 51.9. The van der Waals surface area contributed by atoms with Crippen LogP contribution in [-0.2, 0) is 38.0 Å². The van der Waals surface area contributed by atoms with Crippen LogP contribution in [0.5, 0.6) is 23.0 Å². The first-order chi connectivity index (χ1) is 36.7. The standard InChI is InChI=1S/C67H104O12/c1-20-58(68)78-64(12,13)52(47-72-54-31-23-21-24-32-54)49-76-66(16,17)60(4,5)39-27-29-43-74-62(8,9)41-45-70-56-35-37-57(38-36-56)71-46-42-63(10,11)75-44-30-28-40-61(6,7)67(18,19)77-50-53(48-73-55-33-25-22-26-34-55)65(14,15)79-59(69)51(2)3/h20-26,31-38,52-53H,1-2,27-30,39-50H2,3-19H3. The average Bonchev–Trinajstić information content (AvgIpc) is 3.36.